The number of benzene rings is 1. The first-order chi connectivity index (χ1) is 14.7. The number of aliphatic imine (C=N–C) groups is 1. The van der Waals surface area contributed by atoms with E-state index in [1.807, 2.05) is 6.92 Å². The maximum absolute atomic E-state index is 13.2. The molecular formula is C21H31F4N5O. The molecule has 10 heteroatoms. The fourth-order valence-corrected chi connectivity index (χ4v) is 3.56. The van der Waals surface area contributed by atoms with Crippen LogP contribution in [0.1, 0.15) is 43.7 Å². The Hall–Kier alpha value is -2.36. The number of guanidine groups is 1. The summed E-state index contributed by atoms with van der Waals surface area (Å²) in [4.78, 5) is 17.7. The van der Waals surface area contributed by atoms with Crippen molar-refractivity contribution < 1.29 is 22.4 Å². The number of nitrogens with two attached hydrogens (primary N) is 1. The maximum atomic E-state index is 13.2. The van der Waals surface area contributed by atoms with Crippen molar-refractivity contribution in [1.29, 1.82) is 0 Å². The zero-order valence-electron chi connectivity index (χ0n) is 17.8. The molecule has 0 saturated carbocycles. The molecule has 0 atom stereocenters. The number of carbonyl (C=O) groups is 1. The van der Waals surface area contributed by atoms with Crippen LogP contribution in [0, 0.1) is 11.7 Å². The van der Waals surface area contributed by atoms with Crippen LogP contribution in [0.3, 0.4) is 0 Å². The molecule has 2 rings (SSSR count). The van der Waals surface area contributed by atoms with Crippen LogP contribution in [0.5, 0.6) is 0 Å². The summed E-state index contributed by atoms with van der Waals surface area (Å²) in [5.41, 5.74) is 4.26. The maximum Gasteiger partial charge on any atom is 0.416 e. The molecule has 0 aliphatic carbocycles. The van der Waals surface area contributed by atoms with Gasteiger partial charge < -0.3 is 21.3 Å². The second kappa shape index (κ2) is 11.9. The Morgan fingerprint density at radius 3 is 2.55 bits per heavy atom. The van der Waals surface area contributed by atoms with Gasteiger partial charge in [0.25, 0.3) is 0 Å². The molecule has 0 radical (unpaired) electrons. The van der Waals surface area contributed by atoms with E-state index in [1.54, 1.807) is 0 Å². The highest BCUT2D eigenvalue weighted by Gasteiger charge is 2.33. The molecule has 4 N–H and O–H groups in total. The minimum absolute atomic E-state index is 0.0178. The van der Waals surface area contributed by atoms with Crippen molar-refractivity contribution >= 4 is 11.9 Å². The lowest BCUT2D eigenvalue weighted by atomic mass is 9.96. The third-order valence-electron chi connectivity index (χ3n) is 5.31. The number of unbranched alkanes of at least 4 members (excludes halogenated alkanes) is 1. The first-order valence-electron chi connectivity index (χ1n) is 10.6. The number of alkyl halides is 3. The average Bonchev–Trinajstić information content (AvgIpc) is 2.72. The lowest BCUT2D eigenvalue weighted by Crippen LogP contribution is -2.39. The van der Waals surface area contributed by atoms with E-state index in [9.17, 15) is 22.4 Å². The molecule has 0 spiro atoms. The van der Waals surface area contributed by atoms with Crippen LogP contribution < -0.4 is 16.4 Å². The van der Waals surface area contributed by atoms with Crippen LogP contribution in [0.4, 0.5) is 17.6 Å². The Morgan fingerprint density at radius 2 is 1.94 bits per heavy atom. The standard InChI is InChI=1S/C21H31F4N5O/c1-2-27-20(29-14-16-5-6-17(22)13-18(16)21(23,24)25)28-9-3-4-10-30-11-7-15(8-12-30)19(26)31/h5-6,13,15H,2-4,7-12,14H2,1H3,(H2,26,31)(H2,27,28,29). The van der Waals surface area contributed by atoms with Crippen molar-refractivity contribution in [2.45, 2.75) is 45.3 Å². The van der Waals surface area contributed by atoms with Gasteiger partial charge in [-0.25, -0.2) is 9.38 Å². The van der Waals surface area contributed by atoms with Gasteiger partial charge in [-0.3, -0.25) is 4.79 Å². The number of rotatable bonds is 9. The van der Waals surface area contributed by atoms with Crippen LogP contribution in [-0.4, -0.2) is 49.5 Å². The monoisotopic (exact) mass is 445 g/mol. The number of primary amides is 1. The third-order valence-corrected chi connectivity index (χ3v) is 5.31. The summed E-state index contributed by atoms with van der Waals surface area (Å²) in [7, 11) is 0. The summed E-state index contributed by atoms with van der Waals surface area (Å²) < 4.78 is 52.6. The second-order valence-corrected chi connectivity index (χ2v) is 7.65. The van der Waals surface area contributed by atoms with Crippen molar-refractivity contribution in [2.24, 2.45) is 16.6 Å². The summed E-state index contributed by atoms with van der Waals surface area (Å²) >= 11 is 0. The zero-order valence-corrected chi connectivity index (χ0v) is 17.8. The number of amides is 1. The van der Waals surface area contributed by atoms with E-state index in [-0.39, 0.29) is 23.9 Å². The van der Waals surface area contributed by atoms with Crippen molar-refractivity contribution in [2.75, 3.05) is 32.7 Å². The summed E-state index contributed by atoms with van der Waals surface area (Å²) in [5, 5.41) is 6.13. The summed E-state index contributed by atoms with van der Waals surface area (Å²) in [6.45, 7) is 5.50. The fraction of sp³-hybridized carbons (Fsp3) is 0.619. The highest BCUT2D eigenvalue weighted by atomic mass is 19.4. The zero-order chi connectivity index (χ0) is 22.9. The Labute approximate surface area is 180 Å². The predicted molar refractivity (Wildman–Crippen MR) is 112 cm³/mol. The van der Waals surface area contributed by atoms with Crippen LogP contribution in [0.15, 0.2) is 23.2 Å². The number of hydrogen-bond donors (Lipinski definition) is 3. The van der Waals surface area contributed by atoms with E-state index < -0.39 is 17.6 Å². The predicted octanol–water partition coefficient (Wildman–Crippen LogP) is 2.88. The smallest absolute Gasteiger partial charge is 0.369 e. The fourth-order valence-electron chi connectivity index (χ4n) is 3.56. The SMILES string of the molecule is CCNC(=NCc1ccc(F)cc1C(F)(F)F)NCCCCN1CCC(C(N)=O)CC1. The molecule has 1 saturated heterocycles. The first-order valence-corrected chi connectivity index (χ1v) is 10.6. The van der Waals surface area contributed by atoms with Gasteiger partial charge in [-0.2, -0.15) is 13.2 Å². The van der Waals surface area contributed by atoms with E-state index in [1.165, 1.54) is 0 Å². The molecule has 174 valence electrons. The molecule has 6 nitrogen and oxygen atoms in total. The van der Waals surface area contributed by atoms with E-state index in [0.717, 1.165) is 57.5 Å². The molecule has 31 heavy (non-hydrogen) atoms. The molecule has 0 bridgehead atoms. The lowest BCUT2D eigenvalue weighted by molar-refractivity contribution is -0.138. The number of hydrogen-bond acceptors (Lipinski definition) is 3. The Morgan fingerprint density at radius 1 is 1.23 bits per heavy atom. The molecule has 1 heterocycles. The minimum atomic E-state index is -4.63. The van der Waals surface area contributed by atoms with Gasteiger partial charge in [0.15, 0.2) is 5.96 Å². The summed E-state index contributed by atoms with van der Waals surface area (Å²) in [6, 6.07) is 2.62. The Balaban J connectivity index is 1.79. The molecule has 0 unspecified atom stereocenters. The molecule has 0 aromatic heterocycles. The van der Waals surface area contributed by atoms with E-state index in [0.29, 0.717) is 25.1 Å². The molecular weight excluding hydrogens is 414 g/mol. The highest BCUT2D eigenvalue weighted by Crippen LogP contribution is 2.32. The van der Waals surface area contributed by atoms with Gasteiger partial charge in [0, 0.05) is 19.0 Å². The first kappa shape index (κ1) is 24.9. The number of nitrogens with zero attached hydrogens (tertiary/aromatic N) is 2. The van der Waals surface area contributed by atoms with E-state index >= 15 is 0 Å². The molecule has 1 aromatic carbocycles. The molecule has 1 aromatic rings. The van der Waals surface area contributed by atoms with Crippen LogP contribution in [0.25, 0.3) is 0 Å². The summed E-state index contributed by atoms with van der Waals surface area (Å²) in [6.07, 6.45) is -1.22. The Kier molecular flexibility index (Phi) is 9.54. The Bertz CT molecular complexity index is 746. The number of nitrogens with one attached hydrogen (secondary N) is 2. The van der Waals surface area contributed by atoms with Gasteiger partial charge in [-0.15, -0.1) is 0 Å². The van der Waals surface area contributed by atoms with Gasteiger partial charge in [-0.1, -0.05) is 6.07 Å². The normalized spacial score (nSPS) is 16.4. The van der Waals surface area contributed by atoms with Crippen LogP contribution >= 0.6 is 0 Å². The van der Waals surface area contributed by atoms with Crippen molar-refractivity contribution in [3.05, 3.63) is 35.1 Å². The average molecular weight is 446 g/mol. The molecule has 1 aliphatic heterocycles. The topological polar surface area (TPSA) is 82.8 Å². The van der Waals surface area contributed by atoms with Gasteiger partial charge in [0.2, 0.25) is 5.91 Å². The van der Waals surface area contributed by atoms with Crippen LogP contribution in [0.2, 0.25) is 0 Å². The number of piperidine rings is 1. The van der Waals surface area contributed by atoms with Gasteiger partial charge in [0.05, 0.1) is 12.1 Å². The van der Waals surface area contributed by atoms with E-state index in [2.05, 4.69) is 20.5 Å². The van der Waals surface area contributed by atoms with Crippen LogP contribution in [-0.2, 0) is 17.5 Å². The van der Waals surface area contributed by atoms with Crippen molar-refractivity contribution in [1.82, 2.24) is 15.5 Å². The lowest BCUT2D eigenvalue weighted by Gasteiger charge is -2.30. The highest BCUT2D eigenvalue weighted by molar-refractivity contribution is 5.79. The summed E-state index contributed by atoms with van der Waals surface area (Å²) in [5.74, 6) is -0.746. The minimum Gasteiger partial charge on any atom is -0.369 e. The number of carbonyl (C=O) groups excluding carboxylic acids is 1. The van der Waals surface area contributed by atoms with Gasteiger partial charge in [0.1, 0.15) is 5.82 Å². The van der Waals surface area contributed by atoms with Gasteiger partial charge in [-0.05, 0) is 69.9 Å². The second-order valence-electron chi connectivity index (χ2n) is 7.65. The van der Waals surface area contributed by atoms with Crippen molar-refractivity contribution in [3.8, 4) is 0 Å². The number of halogens is 4. The van der Waals surface area contributed by atoms with Gasteiger partial charge >= 0.3 is 6.18 Å². The van der Waals surface area contributed by atoms with E-state index in [4.69, 9.17) is 5.73 Å². The third kappa shape index (κ3) is 8.35. The molecule has 1 amide bonds. The quantitative estimate of drug-likeness (QED) is 0.236. The van der Waals surface area contributed by atoms with Crippen molar-refractivity contribution in [3.63, 3.8) is 0 Å². The molecule has 1 fully saturated rings. The largest absolute Gasteiger partial charge is 0.416 e. The molecule has 1 aliphatic rings. The number of likely N-dealkylation sites (tertiary alicyclic amines) is 1.